The third-order valence-corrected chi connectivity index (χ3v) is 7.92. The molecule has 0 unspecified atom stereocenters. The van der Waals surface area contributed by atoms with Crippen LogP contribution in [0.15, 0.2) is 114 Å². The van der Waals surface area contributed by atoms with Crippen LogP contribution in [0.5, 0.6) is 0 Å². The Morgan fingerprint density at radius 3 is 2.46 bits per heavy atom. The van der Waals surface area contributed by atoms with E-state index in [2.05, 4.69) is 16.7 Å². The van der Waals surface area contributed by atoms with Crippen molar-refractivity contribution in [2.24, 2.45) is 0 Å². The number of hydrogen-bond donors (Lipinski definition) is 2. The van der Waals surface area contributed by atoms with Crippen LogP contribution >= 0.6 is 23.4 Å². The van der Waals surface area contributed by atoms with E-state index in [-0.39, 0.29) is 17.4 Å². The Hall–Kier alpha value is -4.33. The summed E-state index contributed by atoms with van der Waals surface area (Å²) in [4.78, 5) is 42.1. The summed E-state index contributed by atoms with van der Waals surface area (Å²) in [6.07, 6.45) is 3.47. The highest BCUT2D eigenvalue weighted by Crippen LogP contribution is 2.29. The van der Waals surface area contributed by atoms with Gasteiger partial charge >= 0.3 is 0 Å². The zero-order valence-electron chi connectivity index (χ0n) is 22.2. The Morgan fingerprint density at radius 1 is 0.878 bits per heavy atom. The second-order valence-corrected chi connectivity index (χ2v) is 10.9. The predicted octanol–water partition coefficient (Wildman–Crippen LogP) is 6.82. The van der Waals surface area contributed by atoms with Gasteiger partial charge in [-0.15, -0.1) is 11.8 Å². The second kappa shape index (κ2) is 13.4. The molecule has 0 bridgehead atoms. The molecule has 6 nitrogen and oxygen atoms in total. The molecule has 0 aliphatic carbocycles. The summed E-state index contributed by atoms with van der Waals surface area (Å²) in [5.41, 5.74) is 3.78. The van der Waals surface area contributed by atoms with Gasteiger partial charge in [-0.25, -0.2) is 0 Å². The van der Waals surface area contributed by atoms with Crippen LogP contribution in [0.4, 0.5) is 11.4 Å². The summed E-state index contributed by atoms with van der Waals surface area (Å²) in [6, 6.07) is 31.1. The fourth-order valence-electron chi connectivity index (χ4n) is 4.57. The largest absolute Gasteiger partial charge is 0.321 e. The van der Waals surface area contributed by atoms with Crippen LogP contribution in [0.2, 0.25) is 5.02 Å². The summed E-state index contributed by atoms with van der Waals surface area (Å²) < 4.78 is 0. The summed E-state index contributed by atoms with van der Waals surface area (Å²) >= 11 is 7.74. The number of aryl methyl sites for hydroxylation is 1. The zero-order valence-corrected chi connectivity index (χ0v) is 23.8. The van der Waals surface area contributed by atoms with Crippen molar-refractivity contribution in [3.8, 4) is 0 Å². The number of para-hydroxylation sites is 1. The average Bonchev–Trinajstić information content (AvgIpc) is 3.01. The van der Waals surface area contributed by atoms with Crippen molar-refractivity contribution < 1.29 is 14.4 Å². The van der Waals surface area contributed by atoms with Crippen molar-refractivity contribution in [1.29, 1.82) is 0 Å². The second-order valence-electron chi connectivity index (χ2n) is 9.45. The summed E-state index contributed by atoms with van der Waals surface area (Å²) in [5.74, 6) is -0.597. The highest BCUT2D eigenvalue weighted by molar-refractivity contribution is 8.00. The lowest BCUT2D eigenvalue weighted by Crippen LogP contribution is -2.36. The number of hydrogen-bond acceptors (Lipinski definition) is 4. The maximum atomic E-state index is 13.4. The molecule has 4 aromatic rings. The van der Waals surface area contributed by atoms with Crippen molar-refractivity contribution >= 4 is 58.5 Å². The highest BCUT2D eigenvalue weighted by atomic mass is 35.5. The molecular weight excluding hydrogens is 554 g/mol. The smallest absolute Gasteiger partial charge is 0.272 e. The van der Waals surface area contributed by atoms with Crippen LogP contribution in [0.1, 0.15) is 27.9 Å². The maximum absolute atomic E-state index is 13.4. The molecule has 3 amide bonds. The number of nitrogens with zero attached hydrogens (tertiary/aromatic N) is 1. The molecule has 0 radical (unpaired) electrons. The molecule has 206 valence electrons. The summed E-state index contributed by atoms with van der Waals surface area (Å²) in [6.45, 7) is 0.710. The van der Waals surface area contributed by atoms with Gasteiger partial charge in [0, 0.05) is 33.4 Å². The number of carbonyl (C=O) groups is 3. The van der Waals surface area contributed by atoms with Gasteiger partial charge in [-0.1, -0.05) is 72.3 Å². The number of carbonyl (C=O) groups excluding carboxylic acids is 3. The fraction of sp³-hybridized carbons (Fsp3) is 0.121. The van der Waals surface area contributed by atoms with Crippen LogP contribution < -0.4 is 15.5 Å². The molecule has 0 fully saturated rings. The Bertz CT molecular complexity index is 1610. The lowest BCUT2D eigenvalue weighted by molar-refractivity contribution is -0.116. The molecule has 5 rings (SSSR count). The van der Waals surface area contributed by atoms with Gasteiger partial charge in [0.15, 0.2) is 0 Å². The van der Waals surface area contributed by atoms with E-state index in [0.29, 0.717) is 28.4 Å². The highest BCUT2D eigenvalue weighted by Gasteiger charge is 2.22. The van der Waals surface area contributed by atoms with E-state index >= 15 is 0 Å². The van der Waals surface area contributed by atoms with Crippen molar-refractivity contribution in [2.45, 2.75) is 17.7 Å². The van der Waals surface area contributed by atoms with Gasteiger partial charge in [-0.2, -0.15) is 0 Å². The Kier molecular flexibility index (Phi) is 9.19. The molecular formula is C33H28ClN3O3S. The zero-order chi connectivity index (χ0) is 28.6. The monoisotopic (exact) mass is 581 g/mol. The number of amides is 3. The minimum Gasteiger partial charge on any atom is -0.321 e. The van der Waals surface area contributed by atoms with E-state index in [1.807, 2.05) is 47.4 Å². The molecule has 0 saturated heterocycles. The third-order valence-electron chi connectivity index (χ3n) is 6.60. The van der Waals surface area contributed by atoms with Gasteiger partial charge in [-0.05, 0) is 72.5 Å². The first-order valence-electron chi connectivity index (χ1n) is 13.2. The van der Waals surface area contributed by atoms with Crippen molar-refractivity contribution in [3.63, 3.8) is 0 Å². The summed E-state index contributed by atoms with van der Waals surface area (Å²) in [7, 11) is 0. The number of nitrogens with one attached hydrogen (secondary N) is 2. The predicted molar refractivity (Wildman–Crippen MR) is 166 cm³/mol. The van der Waals surface area contributed by atoms with E-state index in [4.69, 9.17) is 11.6 Å². The van der Waals surface area contributed by atoms with Gasteiger partial charge in [0.1, 0.15) is 5.70 Å². The van der Waals surface area contributed by atoms with Crippen molar-refractivity contribution in [2.75, 3.05) is 22.5 Å². The number of rotatable bonds is 8. The average molecular weight is 582 g/mol. The summed E-state index contributed by atoms with van der Waals surface area (Å²) in [5, 5.41) is 6.04. The first-order valence-corrected chi connectivity index (χ1v) is 14.6. The minimum absolute atomic E-state index is 0.0453. The Morgan fingerprint density at radius 2 is 1.63 bits per heavy atom. The molecule has 41 heavy (non-hydrogen) atoms. The number of fused-ring (bicyclic) bond motifs is 1. The molecule has 4 aromatic carbocycles. The van der Waals surface area contributed by atoms with Gasteiger partial charge < -0.3 is 15.5 Å². The van der Waals surface area contributed by atoms with Crippen molar-refractivity contribution in [1.82, 2.24) is 5.32 Å². The van der Waals surface area contributed by atoms with E-state index in [0.717, 1.165) is 23.4 Å². The van der Waals surface area contributed by atoms with Crippen LogP contribution in [0.3, 0.4) is 0 Å². The van der Waals surface area contributed by atoms with Crippen LogP contribution in [-0.4, -0.2) is 30.0 Å². The number of benzene rings is 4. The molecule has 2 N–H and O–H groups in total. The molecule has 8 heteroatoms. The number of thioether (sulfide) groups is 1. The van der Waals surface area contributed by atoms with Gasteiger partial charge in [-0.3, -0.25) is 14.4 Å². The molecule has 0 saturated carbocycles. The molecule has 0 atom stereocenters. The number of anilines is 2. The number of halogens is 1. The first kappa shape index (κ1) is 28.2. The lowest BCUT2D eigenvalue weighted by atomic mass is 10.0. The topological polar surface area (TPSA) is 78.5 Å². The van der Waals surface area contributed by atoms with E-state index < -0.39 is 11.8 Å². The van der Waals surface area contributed by atoms with E-state index in [1.165, 1.54) is 17.3 Å². The molecule has 1 aliphatic heterocycles. The first-order chi connectivity index (χ1) is 20.0. The van der Waals surface area contributed by atoms with Gasteiger partial charge in [0.05, 0.1) is 5.75 Å². The van der Waals surface area contributed by atoms with Gasteiger partial charge in [0.25, 0.3) is 11.8 Å². The Labute approximate surface area is 248 Å². The third kappa shape index (κ3) is 7.25. The van der Waals surface area contributed by atoms with Crippen LogP contribution in [0.25, 0.3) is 6.08 Å². The fourth-order valence-corrected chi connectivity index (χ4v) is 5.59. The van der Waals surface area contributed by atoms with Crippen molar-refractivity contribution in [3.05, 3.63) is 131 Å². The molecule has 0 aromatic heterocycles. The molecule has 1 heterocycles. The SMILES string of the molecule is O=C(Nc1cccc(SCC(=O)N2CCCc3ccccc32)c1)/C(=C/c1ccccc1Cl)NC(=O)c1ccccc1. The standard InChI is InChI=1S/C33H28ClN3O3S/c34-28-17-6-4-13-25(28)20-29(36-32(39)24-11-2-1-3-12-24)33(40)35-26-15-8-16-27(21-26)41-22-31(38)37-19-9-14-23-10-5-7-18-30(23)37/h1-8,10-13,15-18,20-21H,9,14,19,22H2,(H,35,40)(H,36,39)/b29-20-. The molecule has 0 spiro atoms. The maximum Gasteiger partial charge on any atom is 0.272 e. The quantitative estimate of drug-likeness (QED) is 0.177. The van der Waals surface area contributed by atoms with Gasteiger partial charge in [0.2, 0.25) is 5.91 Å². The Balaban J connectivity index is 1.29. The normalized spacial score (nSPS) is 12.8. The van der Waals surface area contributed by atoms with Crippen LogP contribution in [-0.2, 0) is 16.0 Å². The van der Waals surface area contributed by atoms with E-state index in [9.17, 15) is 14.4 Å². The van der Waals surface area contributed by atoms with Crippen LogP contribution in [0, 0.1) is 0 Å². The van der Waals surface area contributed by atoms with E-state index in [1.54, 1.807) is 60.7 Å². The minimum atomic E-state index is -0.502. The lowest BCUT2D eigenvalue weighted by Gasteiger charge is -2.29. The molecule has 1 aliphatic rings.